The summed E-state index contributed by atoms with van der Waals surface area (Å²) in [6.07, 6.45) is 2.75. The fourth-order valence-electron chi connectivity index (χ4n) is 0.480. The lowest BCUT2D eigenvalue weighted by Crippen LogP contribution is -2.02. The van der Waals surface area contributed by atoms with Crippen LogP contribution in [0, 0.1) is 0 Å². The maximum absolute atomic E-state index is 8.71. The Morgan fingerprint density at radius 2 is 2.12 bits per heavy atom. The van der Waals surface area contributed by atoms with Crippen LogP contribution in [-0.4, -0.2) is 9.78 Å². The Bertz CT molecular complexity index is 174. The number of anilines is 1. The van der Waals surface area contributed by atoms with Crippen LogP contribution in [0.15, 0.2) is 12.4 Å². The van der Waals surface area contributed by atoms with Gasteiger partial charge in [0.2, 0.25) is 0 Å². The number of hydrogen-bond acceptors (Lipinski definition) is 3. The molecule has 0 atom stereocenters. The van der Waals surface area contributed by atoms with Crippen molar-refractivity contribution in [2.45, 2.75) is 0 Å². The number of aromatic nitrogens is 1. The fraction of sp³-hybridized carbons (Fsp3) is 0. The summed E-state index contributed by atoms with van der Waals surface area (Å²) in [6, 6.07) is 0. The van der Waals surface area contributed by atoms with Gasteiger partial charge < -0.3 is 16.7 Å². The first-order valence-electron chi connectivity index (χ1n) is 2.11. The van der Waals surface area contributed by atoms with Crippen molar-refractivity contribution < 1.29 is 5.11 Å². The van der Waals surface area contributed by atoms with Crippen molar-refractivity contribution in [1.29, 1.82) is 0 Å². The number of hydrogen-bond donors (Lipinski definition) is 3. The molecule has 1 aromatic rings. The van der Waals surface area contributed by atoms with E-state index in [9.17, 15) is 0 Å². The molecule has 8 heavy (non-hydrogen) atoms. The normalized spacial score (nSPS) is 9.50. The summed E-state index contributed by atoms with van der Waals surface area (Å²) >= 11 is 0. The van der Waals surface area contributed by atoms with Crippen LogP contribution in [0.5, 0.6) is 5.75 Å². The van der Waals surface area contributed by atoms with Gasteiger partial charge in [0.1, 0.15) is 0 Å². The van der Waals surface area contributed by atoms with E-state index in [0.29, 0.717) is 5.69 Å². The molecule has 4 nitrogen and oxygen atoms in total. The van der Waals surface area contributed by atoms with Crippen LogP contribution in [0.4, 0.5) is 5.69 Å². The lowest BCUT2D eigenvalue weighted by Gasteiger charge is -1.81. The molecule has 1 rings (SSSR count). The van der Waals surface area contributed by atoms with Gasteiger partial charge in [-0.2, -0.15) is 0 Å². The Morgan fingerprint density at radius 1 is 1.50 bits per heavy atom. The monoisotopic (exact) mass is 113 g/mol. The standard InChI is InChI=1S/C4H7N3O/c5-3-1-7(6)2-4(3)8/h1-2,8H,5-6H2. The number of rotatable bonds is 0. The van der Waals surface area contributed by atoms with Gasteiger partial charge in [0.25, 0.3) is 0 Å². The number of aromatic hydroxyl groups is 1. The highest BCUT2D eigenvalue weighted by atomic mass is 16.3. The molecule has 1 heterocycles. The van der Waals surface area contributed by atoms with Gasteiger partial charge in [-0.3, -0.25) is 4.68 Å². The van der Waals surface area contributed by atoms with Crippen molar-refractivity contribution in [3.8, 4) is 5.75 Å². The Morgan fingerprint density at radius 3 is 2.25 bits per heavy atom. The largest absolute Gasteiger partial charge is 0.504 e. The van der Waals surface area contributed by atoms with Crippen molar-refractivity contribution >= 4 is 5.69 Å². The van der Waals surface area contributed by atoms with Gasteiger partial charge in [-0.25, -0.2) is 0 Å². The maximum Gasteiger partial charge on any atom is 0.158 e. The molecule has 44 valence electrons. The number of nitrogens with zero attached hydrogens (tertiary/aromatic N) is 1. The summed E-state index contributed by atoms with van der Waals surface area (Å²) in [6.45, 7) is 0. The summed E-state index contributed by atoms with van der Waals surface area (Å²) in [7, 11) is 0. The Kier molecular flexibility index (Phi) is 0.802. The molecule has 1 aromatic heterocycles. The van der Waals surface area contributed by atoms with Crippen LogP contribution in [0.3, 0.4) is 0 Å². The van der Waals surface area contributed by atoms with Gasteiger partial charge in [0, 0.05) is 0 Å². The van der Waals surface area contributed by atoms with E-state index in [1.165, 1.54) is 17.1 Å². The van der Waals surface area contributed by atoms with E-state index < -0.39 is 0 Å². The quantitative estimate of drug-likeness (QED) is 0.396. The molecular formula is C4H7N3O. The fourth-order valence-corrected chi connectivity index (χ4v) is 0.480. The highest BCUT2D eigenvalue weighted by Crippen LogP contribution is 2.17. The number of nitrogen functional groups attached to an aromatic ring is 2. The van der Waals surface area contributed by atoms with E-state index >= 15 is 0 Å². The third-order valence-corrected chi connectivity index (χ3v) is 0.855. The van der Waals surface area contributed by atoms with Crippen molar-refractivity contribution in [3.05, 3.63) is 12.4 Å². The predicted octanol–water partition coefficient (Wildman–Crippen LogP) is -0.510. The van der Waals surface area contributed by atoms with Gasteiger partial charge in [-0.15, -0.1) is 0 Å². The van der Waals surface area contributed by atoms with Crippen molar-refractivity contribution in [3.63, 3.8) is 0 Å². The van der Waals surface area contributed by atoms with E-state index in [1.54, 1.807) is 0 Å². The first-order valence-corrected chi connectivity index (χ1v) is 2.11. The van der Waals surface area contributed by atoms with E-state index in [2.05, 4.69) is 0 Å². The molecule has 0 spiro atoms. The van der Waals surface area contributed by atoms with Gasteiger partial charge in [-0.1, -0.05) is 0 Å². The lowest BCUT2D eigenvalue weighted by molar-refractivity contribution is 0.477. The molecule has 0 aliphatic carbocycles. The zero-order chi connectivity index (χ0) is 6.15. The van der Waals surface area contributed by atoms with Crippen molar-refractivity contribution in [1.82, 2.24) is 4.68 Å². The zero-order valence-corrected chi connectivity index (χ0v) is 4.20. The smallest absolute Gasteiger partial charge is 0.158 e. The molecule has 0 aliphatic rings. The third kappa shape index (κ3) is 0.556. The van der Waals surface area contributed by atoms with Crippen LogP contribution >= 0.6 is 0 Å². The van der Waals surface area contributed by atoms with Crippen molar-refractivity contribution in [2.75, 3.05) is 11.6 Å². The van der Waals surface area contributed by atoms with E-state index in [0.717, 1.165) is 0 Å². The molecular weight excluding hydrogens is 106 g/mol. The minimum atomic E-state index is 0.0208. The molecule has 0 aromatic carbocycles. The molecule has 0 bridgehead atoms. The van der Waals surface area contributed by atoms with Crippen LogP contribution < -0.4 is 11.6 Å². The predicted molar refractivity (Wildman–Crippen MR) is 30.7 cm³/mol. The second kappa shape index (κ2) is 1.33. The molecule has 0 saturated carbocycles. The molecule has 0 aliphatic heterocycles. The van der Waals surface area contributed by atoms with E-state index in [-0.39, 0.29) is 5.75 Å². The summed E-state index contributed by atoms with van der Waals surface area (Å²) < 4.78 is 1.20. The summed E-state index contributed by atoms with van der Waals surface area (Å²) in [4.78, 5) is 0. The minimum Gasteiger partial charge on any atom is -0.504 e. The molecule has 0 saturated heterocycles. The highest BCUT2D eigenvalue weighted by Gasteiger charge is 1.95. The van der Waals surface area contributed by atoms with Crippen LogP contribution in [0.25, 0.3) is 0 Å². The van der Waals surface area contributed by atoms with Crippen LogP contribution in [0.2, 0.25) is 0 Å². The molecule has 0 unspecified atom stereocenters. The Balaban J connectivity index is 3.14. The molecule has 4 heteroatoms. The topological polar surface area (TPSA) is 77.2 Å². The Hall–Kier alpha value is -1.32. The zero-order valence-electron chi connectivity index (χ0n) is 4.20. The number of nitrogens with two attached hydrogens (primary N) is 2. The molecule has 0 amide bonds. The summed E-state index contributed by atoms with van der Waals surface area (Å²) in [5.41, 5.74) is 5.49. The second-order valence-electron chi connectivity index (χ2n) is 1.55. The SMILES string of the molecule is Nc1cn(N)cc1O. The van der Waals surface area contributed by atoms with E-state index in [4.69, 9.17) is 16.7 Å². The van der Waals surface area contributed by atoms with Gasteiger partial charge >= 0.3 is 0 Å². The van der Waals surface area contributed by atoms with Gasteiger partial charge in [0.15, 0.2) is 5.75 Å². The first-order chi connectivity index (χ1) is 3.70. The van der Waals surface area contributed by atoms with E-state index in [1.807, 2.05) is 0 Å². The van der Waals surface area contributed by atoms with Gasteiger partial charge in [0.05, 0.1) is 18.1 Å². The van der Waals surface area contributed by atoms with Crippen molar-refractivity contribution in [2.24, 2.45) is 0 Å². The molecule has 0 radical (unpaired) electrons. The maximum atomic E-state index is 8.71. The highest BCUT2D eigenvalue weighted by molar-refractivity contribution is 5.49. The first kappa shape index (κ1) is 4.83. The summed E-state index contributed by atoms with van der Waals surface area (Å²) in [5.74, 6) is 5.18. The van der Waals surface area contributed by atoms with Crippen LogP contribution in [0.1, 0.15) is 0 Å². The second-order valence-corrected chi connectivity index (χ2v) is 1.55. The Labute approximate surface area is 46.3 Å². The molecule has 5 N–H and O–H groups in total. The minimum absolute atomic E-state index is 0.0208. The van der Waals surface area contributed by atoms with Crippen LogP contribution in [-0.2, 0) is 0 Å². The average Bonchev–Trinajstić information content (AvgIpc) is 1.85. The molecule has 0 fully saturated rings. The third-order valence-electron chi connectivity index (χ3n) is 0.855. The van der Waals surface area contributed by atoms with Gasteiger partial charge in [-0.05, 0) is 0 Å². The lowest BCUT2D eigenvalue weighted by atomic mass is 10.5. The average molecular weight is 113 g/mol. The summed E-state index contributed by atoms with van der Waals surface area (Å²) in [5, 5.41) is 8.71.